The average molecular weight is 611 g/mol. The summed E-state index contributed by atoms with van der Waals surface area (Å²) < 4.78 is 41.2. The molecule has 3 aromatic rings. The summed E-state index contributed by atoms with van der Waals surface area (Å²) in [5.41, 5.74) is 5.42. The second kappa shape index (κ2) is 13.8. The van der Waals surface area contributed by atoms with Gasteiger partial charge in [0.2, 0.25) is 0 Å². The monoisotopic (exact) mass is 610 g/mol. The van der Waals surface area contributed by atoms with E-state index >= 15 is 0 Å². The highest BCUT2D eigenvalue weighted by Gasteiger charge is 2.31. The van der Waals surface area contributed by atoms with E-state index in [-0.39, 0.29) is 18.3 Å². The Morgan fingerprint density at radius 3 is 2.35 bits per heavy atom. The highest BCUT2D eigenvalue weighted by atomic mass is 32.2. The number of benzene rings is 3. The zero-order valence-electron chi connectivity index (χ0n) is 24.4. The Kier molecular flexibility index (Phi) is 10.1. The number of aliphatic imine (C=N–C) groups is 2. The number of alkyl halides is 3. The Labute approximate surface area is 253 Å². The van der Waals surface area contributed by atoms with Crippen LogP contribution in [0.2, 0.25) is 0 Å². The van der Waals surface area contributed by atoms with Gasteiger partial charge in [-0.2, -0.15) is 10.1 Å². The fraction of sp³-hybridized carbons (Fsp3) is 0.290. The standard InChI is InChI=1S/C31H33F3N6O2S/c1-20-7-6-8-21(2)27(20)40-22(3)17-18-43-30(40)37-29(41)36-19-23-9-11-24(12-10-23)28(35-4)38-39(5)25-13-15-26(16-14-25)42-31(32,33)34/h6-16,22H,4,17-19H2,1-3,5H3,(H,36,41)/b37-30?,38-28-. The van der Waals surface area contributed by atoms with E-state index in [4.69, 9.17) is 0 Å². The molecule has 0 aliphatic carbocycles. The molecule has 43 heavy (non-hydrogen) atoms. The molecule has 2 amide bonds. The summed E-state index contributed by atoms with van der Waals surface area (Å²) >= 11 is 1.58. The fourth-order valence-corrected chi connectivity index (χ4v) is 5.81. The summed E-state index contributed by atoms with van der Waals surface area (Å²) in [5, 5.41) is 9.46. The third-order valence-corrected chi connectivity index (χ3v) is 7.77. The van der Waals surface area contributed by atoms with Crippen molar-refractivity contribution in [2.24, 2.45) is 15.1 Å². The molecule has 226 valence electrons. The van der Waals surface area contributed by atoms with Crippen LogP contribution in [0.1, 0.15) is 35.6 Å². The van der Waals surface area contributed by atoms with E-state index in [1.807, 2.05) is 18.2 Å². The Morgan fingerprint density at radius 1 is 1.09 bits per heavy atom. The molecule has 1 atom stereocenters. The number of rotatable bonds is 7. The zero-order valence-corrected chi connectivity index (χ0v) is 25.2. The van der Waals surface area contributed by atoms with Crippen LogP contribution in [0.15, 0.2) is 81.8 Å². The van der Waals surface area contributed by atoms with E-state index in [0.717, 1.165) is 34.6 Å². The van der Waals surface area contributed by atoms with E-state index in [0.29, 0.717) is 22.3 Å². The number of para-hydroxylation sites is 1. The lowest BCUT2D eigenvalue weighted by atomic mass is 10.1. The first-order valence-corrected chi connectivity index (χ1v) is 14.5. The number of hydrazone groups is 1. The number of nitrogens with one attached hydrogen (secondary N) is 1. The van der Waals surface area contributed by atoms with E-state index in [2.05, 4.69) is 69.7 Å². The van der Waals surface area contributed by atoms with Crippen LogP contribution >= 0.6 is 11.8 Å². The molecule has 0 radical (unpaired) electrons. The van der Waals surface area contributed by atoms with Gasteiger partial charge in [-0.1, -0.05) is 54.2 Å². The summed E-state index contributed by atoms with van der Waals surface area (Å²) in [5.74, 6) is 0.885. The van der Waals surface area contributed by atoms with Crippen molar-refractivity contribution < 1.29 is 22.7 Å². The Morgan fingerprint density at radius 2 is 1.74 bits per heavy atom. The van der Waals surface area contributed by atoms with Crippen molar-refractivity contribution in [1.29, 1.82) is 0 Å². The zero-order chi connectivity index (χ0) is 31.1. The van der Waals surface area contributed by atoms with Crippen LogP contribution in [0.25, 0.3) is 0 Å². The van der Waals surface area contributed by atoms with Crippen LogP contribution in [-0.2, 0) is 6.54 Å². The molecule has 0 aromatic heterocycles. The van der Waals surface area contributed by atoms with Crippen molar-refractivity contribution in [3.63, 3.8) is 0 Å². The summed E-state index contributed by atoms with van der Waals surface area (Å²) in [7, 11) is 1.64. The molecule has 4 rings (SSSR count). The molecule has 1 fully saturated rings. The fourth-order valence-electron chi connectivity index (χ4n) is 4.62. The van der Waals surface area contributed by atoms with Crippen molar-refractivity contribution in [2.75, 3.05) is 22.7 Å². The van der Waals surface area contributed by atoms with Gasteiger partial charge in [0.05, 0.1) is 5.69 Å². The number of nitrogens with zero attached hydrogens (tertiary/aromatic N) is 5. The van der Waals surface area contributed by atoms with Gasteiger partial charge in [-0.05, 0) is 74.9 Å². The number of hydrogen-bond donors (Lipinski definition) is 1. The van der Waals surface area contributed by atoms with E-state index < -0.39 is 12.4 Å². The number of aryl methyl sites for hydroxylation is 2. The van der Waals surface area contributed by atoms with Gasteiger partial charge in [0, 0.05) is 36.6 Å². The van der Waals surface area contributed by atoms with Crippen LogP contribution in [0, 0.1) is 13.8 Å². The SMILES string of the molecule is C=N/C(=N\N(C)c1ccc(OC(F)(F)F)cc1)c1ccc(CNC(=O)N=C2SCCC(C)N2c2c(C)cccc2C)cc1. The van der Waals surface area contributed by atoms with Crippen molar-refractivity contribution in [2.45, 2.75) is 46.1 Å². The number of amidine groups is 2. The number of carbonyl (C=O) groups is 1. The van der Waals surface area contributed by atoms with Gasteiger partial charge in [0.15, 0.2) is 11.0 Å². The van der Waals surface area contributed by atoms with Crippen molar-refractivity contribution in [3.05, 3.63) is 89.0 Å². The first kappa shape index (κ1) is 31.6. The number of carbonyl (C=O) groups excluding carboxylic acids is 1. The summed E-state index contributed by atoms with van der Waals surface area (Å²) in [6, 6.07) is 18.6. The topological polar surface area (TPSA) is 81.9 Å². The van der Waals surface area contributed by atoms with Crippen LogP contribution in [-0.4, -0.2) is 49.0 Å². The average Bonchev–Trinajstić information content (AvgIpc) is 2.96. The van der Waals surface area contributed by atoms with Gasteiger partial charge in [-0.25, -0.2) is 9.79 Å². The van der Waals surface area contributed by atoms with Gasteiger partial charge < -0.3 is 15.0 Å². The number of anilines is 2. The smallest absolute Gasteiger partial charge is 0.406 e. The third kappa shape index (κ3) is 8.38. The van der Waals surface area contributed by atoms with Crippen molar-refractivity contribution in [3.8, 4) is 5.75 Å². The Balaban J connectivity index is 1.40. The molecule has 1 unspecified atom stereocenters. The number of ether oxygens (including phenoxy) is 1. The van der Waals surface area contributed by atoms with Gasteiger partial charge in [0.25, 0.3) is 0 Å². The minimum absolute atomic E-state index is 0.219. The lowest BCUT2D eigenvalue weighted by molar-refractivity contribution is -0.274. The number of halogens is 3. The van der Waals surface area contributed by atoms with Crippen molar-refractivity contribution >= 4 is 46.9 Å². The maximum Gasteiger partial charge on any atom is 0.573 e. The summed E-state index contributed by atoms with van der Waals surface area (Å²) in [4.78, 5) is 23.4. The molecule has 3 aromatic carbocycles. The van der Waals surface area contributed by atoms with E-state index in [1.54, 1.807) is 30.9 Å². The molecule has 1 aliphatic rings. The lowest BCUT2D eigenvalue weighted by Crippen LogP contribution is -2.43. The Hall–Kier alpha value is -4.32. The van der Waals surface area contributed by atoms with Crippen LogP contribution in [0.4, 0.5) is 29.3 Å². The predicted molar refractivity (Wildman–Crippen MR) is 169 cm³/mol. The highest BCUT2D eigenvalue weighted by Crippen LogP contribution is 2.34. The van der Waals surface area contributed by atoms with E-state index in [1.165, 1.54) is 29.3 Å². The number of urea groups is 1. The van der Waals surface area contributed by atoms with Gasteiger partial charge in [0.1, 0.15) is 5.75 Å². The second-order valence-corrected chi connectivity index (χ2v) is 11.1. The molecule has 0 saturated carbocycles. The molecule has 0 bridgehead atoms. The normalized spacial score (nSPS) is 16.6. The molecule has 1 aliphatic heterocycles. The minimum atomic E-state index is -4.76. The molecule has 0 spiro atoms. The summed E-state index contributed by atoms with van der Waals surface area (Å²) in [6.45, 7) is 10.2. The molecular formula is C31H33F3N6O2S. The molecule has 1 heterocycles. The highest BCUT2D eigenvalue weighted by molar-refractivity contribution is 8.14. The van der Waals surface area contributed by atoms with Crippen molar-refractivity contribution in [1.82, 2.24) is 5.32 Å². The third-order valence-electron chi connectivity index (χ3n) is 6.79. The van der Waals surface area contributed by atoms with Gasteiger partial charge in [-0.3, -0.25) is 5.01 Å². The molecule has 12 heteroatoms. The first-order chi connectivity index (χ1) is 20.4. The molecule has 1 N–H and O–H groups in total. The predicted octanol–water partition coefficient (Wildman–Crippen LogP) is 7.30. The van der Waals surface area contributed by atoms with Gasteiger partial charge >= 0.3 is 12.4 Å². The number of hydrogen-bond acceptors (Lipinski definition) is 5. The quantitative estimate of drug-likeness (QED) is 0.173. The molecular weight excluding hydrogens is 577 g/mol. The van der Waals surface area contributed by atoms with Crippen LogP contribution in [0.3, 0.4) is 0 Å². The number of amides is 2. The van der Waals surface area contributed by atoms with Gasteiger partial charge in [-0.15, -0.1) is 13.2 Å². The lowest BCUT2D eigenvalue weighted by Gasteiger charge is -2.37. The number of thioether (sulfide) groups is 1. The molecule has 1 saturated heterocycles. The summed E-state index contributed by atoms with van der Waals surface area (Å²) in [6.07, 6.45) is -3.77. The van der Waals surface area contributed by atoms with Crippen LogP contribution in [0.5, 0.6) is 5.75 Å². The van der Waals surface area contributed by atoms with Crippen LogP contribution < -0.4 is 20.0 Å². The van der Waals surface area contributed by atoms with E-state index in [9.17, 15) is 18.0 Å². The second-order valence-electron chi connectivity index (χ2n) is 9.99. The Bertz CT molecular complexity index is 1490. The molecule has 8 nitrogen and oxygen atoms in total. The largest absolute Gasteiger partial charge is 0.573 e. The maximum absolute atomic E-state index is 12.9. The maximum atomic E-state index is 12.9. The first-order valence-electron chi connectivity index (χ1n) is 13.5. The minimum Gasteiger partial charge on any atom is -0.406 e.